The average Bonchev–Trinajstić information content (AvgIpc) is 2.47. The van der Waals surface area contributed by atoms with Crippen LogP contribution in [0.5, 0.6) is 0 Å². The van der Waals surface area contributed by atoms with Crippen LogP contribution >= 0.6 is 0 Å². The Bertz CT molecular complexity index is 399. The predicted molar refractivity (Wildman–Crippen MR) is 82.8 cm³/mol. The number of piperazine rings is 1. The SMILES string of the molecule is CCC(C)C1NC(=O)C(CC)N(C2CCCN(C)C2)C1=O. The fraction of sp³-hybridized carbons (Fsp3) is 0.875. The maximum atomic E-state index is 12.9. The third-order valence-electron chi connectivity index (χ3n) is 5.05. The molecule has 2 amide bonds. The van der Waals surface area contributed by atoms with Crippen molar-refractivity contribution in [3.05, 3.63) is 0 Å². The highest BCUT2D eigenvalue weighted by Gasteiger charge is 2.44. The van der Waals surface area contributed by atoms with Gasteiger partial charge in [-0.1, -0.05) is 27.2 Å². The summed E-state index contributed by atoms with van der Waals surface area (Å²) in [5.41, 5.74) is 0. The maximum absolute atomic E-state index is 12.9. The molecule has 2 heterocycles. The molecule has 2 rings (SSSR count). The highest BCUT2D eigenvalue weighted by Crippen LogP contribution is 2.25. The van der Waals surface area contributed by atoms with E-state index >= 15 is 0 Å². The van der Waals surface area contributed by atoms with Gasteiger partial charge in [0.05, 0.1) is 0 Å². The van der Waals surface area contributed by atoms with Gasteiger partial charge in [0.25, 0.3) is 0 Å². The van der Waals surface area contributed by atoms with E-state index in [9.17, 15) is 9.59 Å². The second kappa shape index (κ2) is 6.77. The normalized spacial score (nSPS) is 33.0. The highest BCUT2D eigenvalue weighted by atomic mass is 16.2. The molecule has 0 radical (unpaired) electrons. The number of carbonyl (C=O) groups is 2. The van der Waals surface area contributed by atoms with Crippen LogP contribution < -0.4 is 5.32 Å². The fourth-order valence-electron chi connectivity index (χ4n) is 3.56. The number of hydrogen-bond acceptors (Lipinski definition) is 3. The van der Waals surface area contributed by atoms with Gasteiger partial charge in [-0.05, 0) is 38.8 Å². The zero-order valence-electron chi connectivity index (χ0n) is 13.8. The van der Waals surface area contributed by atoms with Crippen LogP contribution in [0.1, 0.15) is 46.5 Å². The number of piperidine rings is 1. The molecule has 4 atom stereocenters. The van der Waals surface area contributed by atoms with E-state index in [2.05, 4.69) is 24.2 Å². The fourth-order valence-corrected chi connectivity index (χ4v) is 3.56. The van der Waals surface area contributed by atoms with Crippen LogP contribution in [0.25, 0.3) is 0 Å². The largest absolute Gasteiger partial charge is 0.342 e. The predicted octanol–water partition coefficient (Wildman–Crippen LogP) is 1.23. The molecule has 0 spiro atoms. The molecule has 2 fully saturated rings. The molecule has 4 unspecified atom stereocenters. The lowest BCUT2D eigenvalue weighted by Gasteiger charge is -2.46. The summed E-state index contributed by atoms with van der Waals surface area (Å²) in [5.74, 6) is 0.329. The molecule has 0 bridgehead atoms. The molecular weight excluding hydrogens is 266 g/mol. The van der Waals surface area contributed by atoms with E-state index in [0.29, 0.717) is 6.42 Å². The topological polar surface area (TPSA) is 52.7 Å². The number of amides is 2. The van der Waals surface area contributed by atoms with Crippen molar-refractivity contribution in [3.63, 3.8) is 0 Å². The van der Waals surface area contributed by atoms with Crippen LogP contribution in [0.3, 0.4) is 0 Å². The first-order chi connectivity index (χ1) is 9.99. The first kappa shape index (κ1) is 16.3. The summed E-state index contributed by atoms with van der Waals surface area (Å²) in [6, 6.07) is -0.467. The number of hydrogen-bond donors (Lipinski definition) is 1. The van der Waals surface area contributed by atoms with E-state index in [4.69, 9.17) is 0 Å². The van der Waals surface area contributed by atoms with Crippen LogP contribution in [-0.4, -0.2) is 59.9 Å². The van der Waals surface area contributed by atoms with Gasteiger partial charge in [-0.3, -0.25) is 9.59 Å². The number of carbonyl (C=O) groups excluding carboxylic acids is 2. The Morgan fingerprint density at radius 1 is 1.33 bits per heavy atom. The molecule has 0 saturated carbocycles. The first-order valence-corrected chi connectivity index (χ1v) is 8.30. The Kier molecular flexibility index (Phi) is 5.25. The summed E-state index contributed by atoms with van der Waals surface area (Å²) < 4.78 is 0. The number of likely N-dealkylation sites (tertiary alicyclic amines) is 1. The zero-order valence-corrected chi connectivity index (χ0v) is 13.8. The first-order valence-electron chi connectivity index (χ1n) is 8.30. The van der Waals surface area contributed by atoms with E-state index in [-0.39, 0.29) is 35.9 Å². The lowest BCUT2D eigenvalue weighted by atomic mass is 9.91. The summed E-state index contributed by atoms with van der Waals surface area (Å²) in [5, 5.41) is 2.95. The summed E-state index contributed by atoms with van der Waals surface area (Å²) in [6.07, 6.45) is 3.68. The smallest absolute Gasteiger partial charge is 0.246 e. The van der Waals surface area contributed by atoms with Crippen molar-refractivity contribution in [3.8, 4) is 0 Å². The second-order valence-corrected chi connectivity index (χ2v) is 6.60. The van der Waals surface area contributed by atoms with Crippen LogP contribution in [0.4, 0.5) is 0 Å². The Balaban J connectivity index is 2.24. The minimum atomic E-state index is -0.350. The number of nitrogens with zero attached hydrogens (tertiary/aromatic N) is 2. The van der Waals surface area contributed by atoms with Gasteiger partial charge in [-0.2, -0.15) is 0 Å². The molecule has 0 aromatic heterocycles. The monoisotopic (exact) mass is 295 g/mol. The molecule has 2 aliphatic rings. The molecule has 5 nitrogen and oxygen atoms in total. The van der Waals surface area contributed by atoms with Gasteiger partial charge in [0.15, 0.2) is 0 Å². The van der Waals surface area contributed by atoms with Crippen molar-refractivity contribution in [2.75, 3.05) is 20.1 Å². The summed E-state index contributed by atoms with van der Waals surface area (Å²) in [6.45, 7) is 8.05. The lowest BCUT2D eigenvalue weighted by Crippen LogP contribution is -2.68. The van der Waals surface area contributed by atoms with E-state index in [0.717, 1.165) is 32.4 Å². The third kappa shape index (κ3) is 3.23. The van der Waals surface area contributed by atoms with Crippen LogP contribution in [0.2, 0.25) is 0 Å². The molecule has 2 aliphatic heterocycles. The number of rotatable bonds is 4. The summed E-state index contributed by atoms with van der Waals surface area (Å²) in [7, 11) is 2.09. The van der Waals surface area contributed by atoms with E-state index in [1.165, 1.54) is 0 Å². The Morgan fingerprint density at radius 3 is 2.62 bits per heavy atom. The van der Waals surface area contributed by atoms with Crippen molar-refractivity contribution >= 4 is 11.8 Å². The Morgan fingerprint density at radius 2 is 2.05 bits per heavy atom. The molecule has 0 aromatic carbocycles. The van der Waals surface area contributed by atoms with Crippen LogP contribution in [0.15, 0.2) is 0 Å². The molecule has 21 heavy (non-hydrogen) atoms. The quantitative estimate of drug-likeness (QED) is 0.849. The standard InChI is InChI=1S/C16H29N3O2/c1-5-11(3)14-16(21)19(13(6-2)15(20)17-14)12-8-7-9-18(4)10-12/h11-14H,5-10H2,1-4H3,(H,17,20). The van der Waals surface area contributed by atoms with Crippen LogP contribution in [0, 0.1) is 5.92 Å². The summed E-state index contributed by atoms with van der Waals surface area (Å²) in [4.78, 5) is 29.5. The van der Waals surface area contributed by atoms with E-state index in [1.54, 1.807) is 0 Å². The Hall–Kier alpha value is -1.10. The molecule has 0 aliphatic carbocycles. The zero-order chi connectivity index (χ0) is 15.6. The van der Waals surface area contributed by atoms with E-state index < -0.39 is 0 Å². The van der Waals surface area contributed by atoms with Gasteiger partial charge in [0, 0.05) is 12.6 Å². The van der Waals surface area contributed by atoms with Gasteiger partial charge in [-0.15, -0.1) is 0 Å². The van der Waals surface area contributed by atoms with Gasteiger partial charge < -0.3 is 15.1 Å². The minimum absolute atomic E-state index is 0.0237. The van der Waals surface area contributed by atoms with Crippen molar-refractivity contribution in [1.82, 2.24) is 15.1 Å². The van der Waals surface area contributed by atoms with Crippen molar-refractivity contribution in [2.24, 2.45) is 5.92 Å². The minimum Gasteiger partial charge on any atom is -0.342 e. The number of nitrogens with one attached hydrogen (secondary N) is 1. The molecular formula is C16H29N3O2. The van der Waals surface area contributed by atoms with Gasteiger partial charge in [0.1, 0.15) is 12.1 Å². The molecule has 2 saturated heterocycles. The number of likely N-dealkylation sites (N-methyl/N-ethyl adjacent to an activating group) is 1. The molecule has 120 valence electrons. The molecule has 1 N–H and O–H groups in total. The van der Waals surface area contributed by atoms with Gasteiger partial charge in [0.2, 0.25) is 11.8 Å². The molecule has 5 heteroatoms. The van der Waals surface area contributed by atoms with Crippen molar-refractivity contribution in [2.45, 2.75) is 64.6 Å². The maximum Gasteiger partial charge on any atom is 0.246 e. The van der Waals surface area contributed by atoms with Crippen molar-refractivity contribution < 1.29 is 9.59 Å². The van der Waals surface area contributed by atoms with Crippen molar-refractivity contribution in [1.29, 1.82) is 0 Å². The van der Waals surface area contributed by atoms with Gasteiger partial charge in [-0.25, -0.2) is 0 Å². The van der Waals surface area contributed by atoms with Crippen LogP contribution in [-0.2, 0) is 9.59 Å². The van der Waals surface area contributed by atoms with Gasteiger partial charge >= 0.3 is 0 Å². The third-order valence-corrected chi connectivity index (χ3v) is 5.05. The van der Waals surface area contributed by atoms with E-state index in [1.807, 2.05) is 18.7 Å². The average molecular weight is 295 g/mol. The lowest BCUT2D eigenvalue weighted by molar-refractivity contribution is -0.155. The summed E-state index contributed by atoms with van der Waals surface area (Å²) >= 11 is 0. The molecule has 0 aromatic rings. The Labute approximate surface area is 128 Å². The second-order valence-electron chi connectivity index (χ2n) is 6.60. The highest BCUT2D eigenvalue weighted by molar-refractivity contribution is 5.97.